The molecule has 10 aromatic rings. The second-order valence-electron chi connectivity index (χ2n) is 15.2. The molecule has 278 valence electrons. The first-order valence-electron chi connectivity index (χ1n) is 20.0. The summed E-state index contributed by atoms with van der Waals surface area (Å²) >= 11 is 1.88. The average molecular weight is 790 g/mol. The third-order valence-corrected chi connectivity index (χ3v) is 18.4. The molecule has 0 bridgehead atoms. The first kappa shape index (κ1) is 34.0. The maximum absolute atomic E-state index is 6.77. The molecule has 0 atom stereocenters. The van der Waals surface area contributed by atoms with Crippen molar-refractivity contribution in [1.82, 2.24) is 0 Å². The maximum Gasteiger partial charge on any atom is 0.190 e. The molecule has 3 nitrogen and oxygen atoms in total. The van der Waals surface area contributed by atoms with Crippen LogP contribution in [0.15, 0.2) is 227 Å². The van der Waals surface area contributed by atoms with Gasteiger partial charge in [-0.15, -0.1) is 0 Å². The molecule has 0 saturated heterocycles. The SMILES string of the molecule is c1ccc(-c2ccc(N(c3ccccc3)c3ccc4c(c3)oc3cc(-c5ccc6c(c5)[Si]5(c7ccccc7O6)c6ccccc6Sc6ccccc65)ccc34)cc2)cc1. The molecule has 1 spiro atoms. The van der Waals surface area contributed by atoms with Crippen LogP contribution in [-0.2, 0) is 0 Å². The number of benzene rings is 9. The Kier molecular flexibility index (Phi) is 7.80. The number of ether oxygens (including phenoxy) is 1. The third kappa shape index (κ3) is 5.36. The van der Waals surface area contributed by atoms with E-state index in [-0.39, 0.29) is 0 Å². The van der Waals surface area contributed by atoms with Gasteiger partial charge in [0, 0.05) is 43.7 Å². The molecule has 12 rings (SSSR count). The van der Waals surface area contributed by atoms with Crippen LogP contribution in [0.2, 0.25) is 0 Å². The van der Waals surface area contributed by atoms with E-state index >= 15 is 0 Å². The van der Waals surface area contributed by atoms with Crippen LogP contribution in [0.25, 0.3) is 44.2 Å². The van der Waals surface area contributed by atoms with Crippen LogP contribution >= 0.6 is 11.8 Å². The normalized spacial score (nSPS) is 13.3. The standard InChI is InChI=1S/C54H35NO2SSi/c1-3-13-36(14-4-1)37-23-27-41(28-24-37)55(40-15-5-2-6-16-40)42-29-31-44-43-30-25-38(33-47(43)57-48(44)35-42)39-26-32-46-54(34-39)59(51-20-10-7-17-45(51)56-46)52-21-11-8-18-49(52)58-50-19-9-12-22-53(50)59/h1-35H. The summed E-state index contributed by atoms with van der Waals surface area (Å²) in [5.41, 5.74) is 9.56. The first-order valence-corrected chi connectivity index (χ1v) is 22.8. The van der Waals surface area contributed by atoms with Gasteiger partial charge in [-0.3, -0.25) is 0 Å². The number of nitrogens with zero attached hydrogens (tertiary/aromatic N) is 1. The van der Waals surface area contributed by atoms with Gasteiger partial charge in [0.15, 0.2) is 8.07 Å². The van der Waals surface area contributed by atoms with Gasteiger partial charge in [-0.05, 0) is 116 Å². The minimum Gasteiger partial charge on any atom is -0.458 e. The van der Waals surface area contributed by atoms with Crippen molar-refractivity contribution >= 4 is 79.6 Å². The molecule has 59 heavy (non-hydrogen) atoms. The van der Waals surface area contributed by atoms with Crippen LogP contribution in [-0.4, -0.2) is 8.07 Å². The van der Waals surface area contributed by atoms with Crippen molar-refractivity contribution in [1.29, 1.82) is 0 Å². The zero-order chi connectivity index (χ0) is 38.9. The van der Waals surface area contributed by atoms with Gasteiger partial charge in [0.05, 0.1) is 0 Å². The van der Waals surface area contributed by atoms with Crippen molar-refractivity contribution in [3.05, 3.63) is 212 Å². The molecule has 1 aromatic heterocycles. The fourth-order valence-electron chi connectivity index (χ4n) is 9.34. The Morgan fingerprint density at radius 2 is 0.864 bits per heavy atom. The lowest BCUT2D eigenvalue weighted by Crippen LogP contribution is -2.77. The predicted octanol–water partition coefficient (Wildman–Crippen LogP) is 12.3. The monoisotopic (exact) mass is 789 g/mol. The van der Waals surface area contributed by atoms with Gasteiger partial charge in [-0.1, -0.05) is 145 Å². The summed E-state index contributed by atoms with van der Waals surface area (Å²) < 4.78 is 13.5. The highest BCUT2D eigenvalue weighted by atomic mass is 32.2. The quantitative estimate of drug-likeness (QED) is 0.162. The summed E-state index contributed by atoms with van der Waals surface area (Å²) in [7, 11) is -2.76. The molecule has 0 unspecified atom stereocenters. The number of hydrogen-bond donors (Lipinski definition) is 0. The van der Waals surface area contributed by atoms with E-state index in [0.29, 0.717) is 0 Å². The van der Waals surface area contributed by atoms with Gasteiger partial charge in [0.1, 0.15) is 22.7 Å². The van der Waals surface area contributed by atoms with E-state index in [2.05, 4.69) is 217 Å². The lowest BCUT2D eigenvalue weighted by molar-refractivity contribution is 0.487. The summed E-state index contributed by atoms with van der Waals surface area (Å²) in [5, 5.41) is 7.60. The van der Waals surface area contributed by atoms with E-state index in [0.717, 1.165) is 61.6 Å². The molecular weight excluding hydrogens is 755 g/mol. The van der Waals surface area contributed by atoms with Crippen molar-refractivity contribution in [2.75, 3.05) is 4.90 Å². The highest BCUT2D eigenvalue weighted by Gasteiger charge is 2.52. The molecule has 2 aliphatic heterocycles. The Morgan fingerprint density at radius 1 is 0.356 bits per heavy atom. The minimum absolute atomic E-state index is 0.853. The Bertz CT molecular complexity index is 3130. The van der Waals surface area contributed by atoms with Crippen LogP contribution in [0.3, 0.4) is 0 Å². The van der Waals surface area contributed by atoms with E-state index in [9.17, 15) is 0 Å². The molecule has 0 fully saturated rings. The van der Waals surface area contributed by atoms with Gasteiger partial charge in [0.2, 0.25) is 0 Å². The number of hydrogen-bond acceptors (Lipinski definition) is 4. The van der Waals surface area contributed by atoms with Crippen molar-refractivity contribution in [2.24, 2.45) is 0 Å². The molecular formula is C54H35NO2SSi. The van der Waals surface area contributed by atoms with Gasteiger partial charge >= 0.3 is 0 Å². The molecule has 3 heterocycles. The first-order chi connectivity index (χ1) is 29.2. The molecule has 2 aliphatic rings. The van der Waals surface area contributed by atoms with Crippen molar-refractivity contribution in [3.63, 3.8) is 0 Å². The lowest BCUT2D eigenvalue weighted by Gasteiger charge is -2.43. The lowest BCUT2D eigenvalue weighted by atomic mass is 10.0. The summed E-state index contributed by atoms with van der Waals surface area (Å²) in [6.07, 6.45) is 0. The van der Waals surface area contributed by atoms with Crippen LogP contribution in [0, 0.1) is 0 Å². The summed E-state index contributed by atoms with van der Waals surface area (Å²) in [5.74, 6) is 1.89. The fraction of sp³-hybridized carbons (Fsp3) is 0. The van der Waals surface area contributed by atoms with Crippen molar-refractivity contribution in [2.45, 2.75) is 9.79 Å². The Labute approximate surface area is 347 Å². The average Bonchev–Trinajstić information content (AvgIpc) is 3.67. The molecule has 0 radical (unpaired) electrons. The van der Waals surface area contributed by atoms with Crippen LogP contribution in [0.5, 0.6) is 11.5 Å². The molecule has 0 aliphatic carbocycles. The van der Waals surface area contributed by atoms with E-state index in [4.69, 9.17) is 9.15 Å². The zero-order valence-electron chi connectivity index (χ0n) is 31.9. The summed E-state index contributed by atoms with van der Waals surface area (Å²) in [4.78, 5) is 4.94. The maximum atomic E-state index is 6.77. The van der Waals surface area contributed by atoms with Crippen molar-refractivity contribution < 1.29 is 9.15 Å². The third-order valence-electron chi connectivity index (χ3n) is 12.0. The highest BCUT2D eigenvalue weighted by molar-refractivity contribution is 8.00. The Balaban J connectivity index is 0.974. The predicted molar refractivity (Wildman–Crippen MR) is 247 cm³/mol. The molecule has 0 saturated carbocycles. The van der Waals surface area contributed by atoms with Gasteiger partial charge < -0.3 is 14.1 Å². The molecule has 0 amide bonds. The molecule has 0 N–H and O–H groups in total. The van der Waals surface area contributed by atoms with E-state index < -0.39 is 8.07 Å². The van der Waals surface area contributed by atoms with Crippen molar-refractivity contribution in [3.8, 4) is 33.8 Å². The largest absolute Gasteiger partial charge is 0.458 e. The second-order valence-corrected chi connectivity index (χ2v) is 20.0. The fourth-order valence-corrected chi connectivity index (χ4v) is 16.5. The molecule has 5 heteroatoms. The number of furan rings is 1. The number of rotatable bonds is 5. The van der Waals surface area contributed by atoms with E-state index in [1.165, 1.54) is 41.7 Å². The number of para-hydroxylation sites is 2. The van der Waals surface area contributed by atoms with E-state index in [1.54, 1.807) is 0 Å². The van der Waals surface area contributed by atoms with E-state index in [1.807, 2.05) is 11.8 Å². The Morgan fingerprint density at radius 3 is 1.61 bits per heavy atom. The smallest absolute Gasteiger partial charge is 0.190 e. The summed E-state index contributed by atoms with van der Waals surface area (Å²) in [6.45, 7) is 0. The van der Waals surface area contributed by atoms with Crippen LogP contribution in [0.1, 0.15) is 0 Å². The topological polar surface area (TPSA) is 25.6 Å². The van der Waals surface area contributed by atoms with Gasteiger partial charge in [0.25, 0.3) is 0 Å². The highest BCUT2D eigenvalue weighted by Crippen LogP contribution is 2.42. The second kappa shape index (κ2) is 13.5. The number of fused-ring (bicyclic) bond motifs is 11. The minimum atomic E-state index is -2.76. The zero-order valence-corrected chi connectivity index (χ0v) is 33.7. The summed E-state index contributed by atoms with van der Waals surface area (Å²) in [6, 6.07) is 76.6. The van der Waals surface area contributed by atoms with Crippen LogP contribution < -0.4 is 30.4 Å². The van der Waals surface area contributed by atoms with Gasteiger partial charge in [-0.25, -0.2) is 0 Å². The van der Waals surface area contributed by atoms with Gasteiger partial charge in [-0.2, -0.15) is 0 Å². The van der Waals surface area contributed by atoms with Crippen LogP contribution in [0.4, 0.5) is 17.1 Å². The Hall–Kier alpha value is -7.05. The molecule has 9 aromatic carbocycles. The number of anilines is 3.